The molecule has 1 amide bonds. The second kappa shape index (κ2) is 9.94. The van der Waals surface area contributed by atoms with Crippen LogP contribution in [-0.2, 0) is 21.4 Å². The van der Waals surface area contributed by atoms with Gasteiger partial charge in [-0.05, 0) is 61.7 Å². The molecule has 1 aromatic carbocycles. The summed E-state index contributed by atoms with van der Waals surface area (Å²) in [6.07, 6.45) is 1.52. The normalized spacial score (nSPS) is 17.1. The van der Waals surface area contributed by atoms with Crippen LogP contribution in [0, 0.1) is 11.8 Å². The number of piperidine rings is 1. The van der Waals surface area contributed by atoms with Crippen molar-refractivity contribution < 1.29 is 17.9 Å². The second-order valence-corrected chi connectivity index (χ2v) is 11.1. The maximum absolute atomic E-state index is 12.6. The average molecular weight is 451 g/mol. The van der Waals surface area contributed by atoms with E-state index in [1.54, 1.807) is 21.8 Å². The van der Waals surface area contributed by atoms with Gasteiger partial charge in [0.2, 0.25) is 5.91 Å². The van der Waals surface area contributed by atoms with Crippen LogP contribution < -0.4 is 10.1 Å². The fraction of sp³-hybridized carbons (Fsp3) is 0.500. The van der Waals surface area contributed by atoms with Gasteiger partial charge in [0, 0.05) is 25.6 Å². The van der Waals surface area contributed by atoms with Crippen LogP contribution >= 0.6 is 11.3 Å². The molecule has 1 fully saturated rings. The molecule has 6 nitrogen and oxygen atoms in total. The third-order valence-corrected chi connectivity index (χ3v) is 8.74. The van der Waals surface area contributed by atoms with E-state index >= 15 is 0 Å². The molecule has 2 aromatic rings. The minimum absolute atomic E-state index is 0.0112. The number of hydrogen-bond donors (Lipinski definition) is 1. The molecule has 0 spiro atoms. The lowest BCUT2D eigenvalue weighted by atomic mass is 9.85. The summed E-state index contributed by atoms with van der Waals surface area (Å²) in [5.74, 6) is 0.858. The van der Waals surface area contributed by atoms with Crippen LogP contribution in [0.2, 0.25) is 0 Å². The van der Waals surface area contributed by atoms with Gasteiger partial charge in [-0.15, -0.1) is 11.3 Å². The van der Waals surface area contributed by atoms with Gasteiger partial charge in [-0.1, -0.05) is 25.1 Å². The van der Waals surface area contributed by atoms with E-state index in [2.05, 4.69) is 5.32 Å². The number of carbonyl (C=O) groups is 1. The lowest BCUT2D eigenvalue weighted by Crippen LogP contribution is -2.42. The Morgan fingerprint density at radius 1 is 1.17 bits per heavy atom. The van der Waals surface area contributed by atoms with Crippen molar-refractivity contribution >= 4 is 27.3 Å². The molecular formula is C22H30N2O4S2. The largest absolute Gasteiger partial charge is 0.491 e. The standard InChI is InChI=1S/C22H30N2O4S2/c1-16(2)28-20-8-6-18(7-9-20)15-23-22(25)17(3)19-10-12-24(13-11-19)30(26,27)21-5-4-14-29-21/h4-9,14,16-17,19H,10-13,15H2,1-3H3,(H,23,25). The molecule has 8 heteroatoms. The number of thiophene rings is 1. The van der Waals surface area contributed by atoms with Crippen LogP contribution in [0.3, 0.4) is 0 Å². The minimum atomic E-state index is -3.40. The Kier molecular flexibility index (Phi) is 7.55. The topological polar surface area (TPSA) is 75.7 Å². The van der Waals surface area contributed by atoms with E-state index in [1.165, 1.54) is 11.3 Å². The fourth-order valence-electron chi connectivity index (χ4n) is 3.68. The maximum atomic E-state index is 12.6. The Labute approximate surface area is 183 Å². The molecule has 3 rings (SSSR count). The van der Waals surface area contributed by atoms with Crippen LogP contribution in [0.5, 0.6) is 5.75 Å². The Bertz CT molecular complexity index is 917. The molecule has 164 valence electrons. The molecule has 1 N–H and O–H groups in total. The van der Waals surface area contributed by atoms with Gasteiger partial charge in [0.05, 0.1) is 6.10 Å². The molecule has 0 aliphatic carbocycles. The molecule has 1 saturated heterocycles. The van der Waals surface area contributed by atoms with E-state index in [0.29, 0.717) is 36.7 Å². The van der Waals surface area contributed by atoms with Gasteiger partial charge in [0.15, 0.2) is 0 Å². The highest BCUT2D eigenvalue weighted by Crippen LogP contribution is 2.30. The molecule has 30 heavy (non-hydrogen) atoms. The minimum Gasteiger partial charge on any atom is -0.491 e. The second-order valence-electron chi connectivity index (χ2n) is 7.99. The molecule has 0 saturated carbocycles. The van der Waals surface area contributed by atoms with Crippen LogP contribution in [-0.4, -0.2) is 37.8 Å². The molecule has 1 aromatic heterocycles. The summed E-state index contributed by atoms with van der Waals surface area (Å²) in [5, 5.41) is 4.78. The van der Waals surface area contributed by atoms with E-state index in [-0.39, 0.29) is 23.8 Å². The maximum Gasteiger partial charge on any atom is 0.252 e. The van der Waals surface area contributed by atoms with Gasteiger partial charge >= 0.3 is 0 Å². The zero-order valence-electron chi connectivity index (χ0n) is 17.7. The lowest BCUT2D eigenvalue weighted by molar-refractivity contribution is -0.126. The number of sulfonamides is 1. The molecule has 1 unspecified atom stereocenters. The quantitative estimate of drug-likeness (QED) is 0.662. The van der Waals surface area contributed by atoms with Gasteiger partial charge in [-0.3, -0.25) is 4.79 Å². The summed E-state index contributed by atoms with van der Waals surface area (Å²) >= 11 is 1.24. The molecule has 0 radical (unpaired) electrons. The average Bonchev–Trinajstić information content (AvgIpc) is 3.28. The van der Waals surface area contributed by atoms with Crippen molar-refractivity contribution in [2.24, 2.45) is 11.8 Å². The summed E-state index contributed by atoms with van der Waals surface area (Å²) in [6.45, 7) is 7.29. The number of benzene rings is 1. The van der Waals surface area contributed by atoms with Crippen molar-refractivity contribution in [2.75, 3.05) is 13.1 Å². The number of carbonyl (C=O) groups excluding carboxylic acids is 1. The van der Waals surface area contributed by atoms with Crippen LogP contribution in [0.25, 0.3) is 0 Å². The van der Waals surface area contributed by atoms with Crippen LogP contribution in [0.4, 0.5) is 0 Å². The molecule has 2 heterocycles. The van der Waals surface area contributed by atoms with Crippen molar-refractivity contribution in [3.8, 4) is 5.75 Å². The Balaban J connectivity index is 1.48. The highest BCUT2D eigenvalue weighted by Gasteiger charge is 2.33. The Morgan fingerprint density at radius 2 is 1.83 bits per heavy atom. The highest BCUT2D eigenvalue weighted by atomic mass is 32.2. The van der Waals surface area contributed by atoms with E-state index < -0.39 is 10.0 Å². The Morgan fingerprint density at radius 3 is 2.40 bits per heavy atom. The van der Waals surface area contributed by atoms with E-state index in [1.807, 2.05) is 45.0 Å². The van der Waals surface area contributed by atoms with Crippen LogP contribution in [0.1, 0.15) is 39.2 Å². The number of ether oxygens (including phenoxy) is 1. The molecule has 0 bridgehead atoms. The van der Waals surface area contributed by atoms with Gasteiger partial charge in [0.1, 0.15) is 9.96 Å². The van der Waals surface area contributed by atoms with Gasteiger partial charge < -0.3 is 10.1 Å². The first-order valence-corrected chi connectivity index (χ1v) is 12.7. The first kappa shape index (κ1) is 22.8. The SMILES string of the molecule is CC(C)Oc1ccc(CNC(=O)C(C)C2CCN(S(=O)(=O)c3cccs3)CC2)cc1. The predicted octanol–water partition coefficient (Wildman–Crippen LogP) is 3.89. The monoisotopic (exact) mass is 450 g/mol. The van der Waals surface area contributed by atoms with Gasteiger partial charge in [-0.2, -0.15) is 4.31 Å². The lowest BCUT2D eigenvalue weighted by Gasteiger charge is -2.33. The third-order valence-electron chi connectivity index (χ3n) is 5.47. The van der Waals surface area contributed by atoms with Crippen LogP contribution in [0.15, 0.2) is 46.0 Å². The van der Waals surface area contributed by atoms with Crippen molar-refractivity contribution in [3.05, 3.63) is 47.3 Å². The number of hydrogen-bond acceptors (Lipinski definition) is 5. The number of amides is 1. The van der Waals surface area contributed by atoms with Gasteiger partial charge in [-0.25, -0.2) is 8.42 Å². The van der Waals surface area contributed by atoms with Gasteiger partial charge in [0.25, 0.3) is 10.0 Å². The van der Waals surface area contributed by atoms with E-state index in [4.69, 9.17) is 4.74 Å². The zero-order chi connectivity index (χ0) is 21.7. The van der Waals surface area contributed by atoms with Crippen molar-refractivity contribution in [2.45, 2.75) is 50.5 Å². The zero-order valence-corrected chi connectivity index (χ0v) is 19.3. The Hall–Kier alpha value is -1.90. The third kappa shape index (κ3) is 5.62. The fourth-order valence-corrected chi connectivity index (χ4v) is 6.29. The first-order chi connectivity index (χ1) is 14.3. The first-order valence-electron chi connectivity index (χ1n) is 10.3. The highest BCUT2D eigenvalue weighted by molar-refractivity contribution is 7.91. The van der Waals surface area contributed by atoms with Crippen molar-refractivity contribution in [1.29, 1.82) is 0 Å². The molecular weight excluding hydrogens is 420 g/mol. The number of nitrogens with one attached hydrogen (secondary N) is 1. The molecule has 1 atom stereocenters. The van der Waals surface area contributed by atoms with E-state index in [9.17, 15) is 13.2 Å². The molecule has 1 aliphatic rings. The number of nitrogens with zero attached hydrogens (tertiary/aromatic N) is 1. The number of rotatable bonds is 8. The van der Waals surface area contributed by atoms with E-state index in [0.717, 1.165) is 11.3 Å². The summed E-state index contributed by atoms with van der Waals surface area (Å²) in [5.41, 5.74) is 1.02. The summed E-state index contributed by atoms with van der Waals surface area (Å²) in [4.78, 5) is 12.6. The summed E-state index contributed by atoms with van der Waals surface area (Å²) in [7, 11) is -3.40. The summed E-state index contributed by atoms with van der Waals surface area (Å²) in [6, 6.07) is 11.1. The van der Waals surface area contributed by atoms with Crippen molar-refractivity contribution in [3.63, 3.8) is 0 Å². The van der Waals surface area contributed by atoms with Crippen molar-refractivity contribution in [1.82, 2.24) is 9.62 Å². The smallest absolute Gasteiger partial charge is 0.252 e. The summed E-state index contributed by atoms with van der Waals surface area (Å²) < 4.78 is 32.9. The predicted molar refractivity (Wildman–Crippen MR) is 119 cm³/mol. The molecule has 1 aliphatic heterocycles.